The maximum absolute atomic E-state index is 11.7. The van der Waals surface area contributed by atoms with Crippen LogP contribution in [0.2, 0.25) is 0 Å². The van der Waals surface area contributed by atoms with E-state index in [4.69, 9.17) is 4.74 Å². The smallest absolute Gasteiger partial charge is 0.331 e. The summed E-state index contributed by atoms with van der Waals surface area (Å²) >= 11 is 0. The van der Waals surface area contributed by atoms with Gasteiger partial charge >= 0.3 is 5.97 Å². The van der Waals surface area contributed by atoms with E-state index in [-0.39, 0.29) is 11.4 Å². The Labute approximate surface area is 97.4 Å². The standard InChI is InChI=1S/C14H20O2/c1-13(2,3)16-12(15)9-11-8-10-6-5-7-14(10,11)4/h5,7,9-10H,6,8H2,1-4H3/t10-,14-/m0/s1. The highest BCUT2D eigenvalue weighted by molar-refractivity contribution is 5.84. The fourth-order valence-corrected chi connectivity index (χ4v) is 2.56. The molecular weight excluding hydrogens is 200 g/mol. The van der Waals surface area contributed by atoms with Crippen molar-refractivity contribution in [3.05, 3.63) is 23.8 Å². The SMILES string of the molecule is CC(C)(C)OC(=O)C=C1C[C@@H]2CC=C[C@]12C. The van der Waals surface area contributed by atoms with Gasteiger partial charge in [-0.2, -0.15) is 0 Å². The number of hydrogen-bond acceptors (Lipinski definition) is 2. The number of esters is 1. The molecule has 0 bridgehead atoms. The summed E-state index contributed by atoms with van der Waals surface area (Å²) in [6.45, 7) is 7.89. The van der Waals surface area contributed by atoms with Gasteiger partial charge in [0.2, 0.25) is 0 Å². The van der Waals surface area contributed by atoms with Crippen LogP contribution in [-0.2, 0) is 9.53 Å². The molecule has 2 atom stereocenters. The predicted octanol–water partition coefficient (Wildman–Crippen LogP) is 3.24. The molecule has 2 nitrogen and oxygen atoms in total. The lowest BCUT2D eigenvalue weighted by Crippen LogP contribution is -2.36. The average Bonchev–Trinajstić information content (AvgIpc) is 2.38. The summed E-state index contributed by atoms with van der Waals surface area (Å²) in [5, 5.41) is 0. The van der Waals surface area contributed by atoms with Crippen molar-refractivity contribution in [2.75, 3.05) is 0 Å². The minimum atomic E-state index is -0.399. The molecule has 1 saturated carbocycles. The maximum Gasteiger partial charge on any atom is 0.331 e. The zero-order chi connectivity index (χ0) is 12.0. The summed E-state index contributed by atoms with van der Waals surface area (Å²) in [6.07, 6.45) is 8.35. The number of hydrogen-bond donors (Lipinski definition) is 0. The first-order valence-electron chi connectivity index (χ1n) is 5.93. The molecule has 0 aliphatic heterocycles. The number of carbonyl (C=O) groups is 1. The first-order valence-corrected chi connectivity index (χ1v) is 5.93. The van der Waals surface area contributed by atoms with E-state index in [9.17, 15) is 4.79 Å². The van der Waals surface area contributed by atoms with Gasteiger partial charge in [-0.05, 0) is 39.5 Å². The number of ether oxygens (including phenoxy) is 1. The molecule has 88 valence electrons. The van der Waals surface area contributed by atoms with Gasteiger partial charge in [0.25, 0.3) is 0 Å². The van der Waals surface area contributed by atoms with E-state index < -0.39 is 5.60 Å². The molecule has 2 heteroatoms. The summed E-state index contributed by atoms with van der Waals surface area (Å²) in [7, 11) is 0. The van der Waals surface area contributed by atoms with Crippen molar-refractivity contribution >= 4 is 5.97 Å². The van der Waals surface area contributed by atoms with Crippen molar-refractivity contribution in [1.29, 1.82) is 0 Å². The van der Waals surface area contributed by atoms with Crippen LogP contribution in [0.5, 0.6) is 0 Å². The van der Waals surface area contributed by atoms with E-state index in [1.54, 1.807) is 6.08 Å². The molecule has 0 amide bonds. The largest absolute Gasteiger partial charge is 0.457 e. The molecule has 0 heterocycles. The molecule has 2 aliphatic rings. The van der Waals surface area contributed by atoms with Crippen LogP contribution < -0.4 is 0 Å². The molecule has 0 aromatic carbocycles. The Hall–Kier alpha value is -1.05. The normalized spacial score (nSPS) is 34.8. The molecule has 0 aromatic rings. The quantitative estimate of drug-likeness (QED) is 0.385. The monoisotopic (exact) mass is 220 g/mol. The van der Waals surface area contributed by atoms with E-state index in [0.717, 1.165) is 12.8 Å². The predicted molar refractivity (Wildman–Crippen MR) is 63.9 cm³/mol. The van der Waals surface area contributed by atoms with Gasteiger partial charge in [0, 0.05) is 11.5 Å². The van der Waals surface area contributed by atoms with Crippen LogP contribution in [0.4, 0.5) is 0 Å². The van der Waals surface area contributed by atoms with Crippen LogP contribution in [0.1, 0.15) is 40.5 Å². The fourth-order valence-electron chi connectivity index (χ4n) is 2.56. The third-order valence-electron chi connectivity index (χ3n) is 3.59. The molecule has 0 radical (unpaired) electrons. The second-order valence-electron chi connectivity index (χ2n) is 6.02. The molecule has 2 rings (SSSR count). The van der Waals surface area contributed by atoms with Crippen molar-refractivity contribution < 1.29 is 9.53 Å². The minimum absolute atomic E-state index is 0.136. The minimum Gasteiger partial charge on any atom is -0.457 e. The highest BCUT2D eigenvalue weighted by atomic mass is 16.6. The third-order valence-corrected chi connectivity index (χ3v) is 3.59. The second-order valence-corrected chi connectivity index (χ2v) is 6.02. The Morgan fingerprint density at radius 2 is 2.25 bits per heavy atom. The molecule has 0 N–H and O–H groups in total. The van der Waals surface area contributed by atoms with Crippen molar-refractivity contribution in [1.82, 2.24) is 0 Å². The zero-order valence-electron chi connectivity index (χ0n) is 10.5. The summed E-state index contributed by atoms with van der Waals surface area (Å²) in [5.74, 6) is 0.503. The highest BCUT2D eigenvalue weighted by Gasteiger charge is 2.47. The molecule has 0 aromatic heterocycles. The lowest BCUT2D eigenvalue weighted by molar-refractivity contribution is -0.148. The molecule has 1 fully saturated rings. The van der Waals surface area contributed by atoms with Crippen molar-refractivity contribution in [2.45, 2.75) is 46.1 Å². The first kappa shape index (κ1) is 11.4. The van der Waals surface area contributed by atoms with Gasteiger partial charge in [0.15, 0.2) is 0 Å². The van der Waals surface area contributed by atoms with Gasteiger partial charge in [-0.25, -0.2) is 4.79 Å². The van der Waals surface area contributed by atoms with Crippen LogP contribution in [0.25, 0.3) is 0 Å². The van der Waals surface area contributed by atoms with E-state index in [2.05, 4.69) is 19.1 Å². The maximum atomic E-state index is 11.7. The van der Waals surface area contributed by atoms with Crippen molar-refractivity contribution in [3.8, 4) is 0 Å². The zero-order valence-corrected chi connectivity index (χ0v) is 10.5. The highest BCUT2D eigenvalue weighted by Crippen LogP contribution is 2.57. The van der Waals surface area contributed by atoms with Gasteiger partial charge in [-0.1, -0.05) is 24.6 Å². The number of allylic oxidation sites excluding steroid dienone is 3. The molecule has 0 saturated heterocycles. The van der Waals surface area contributed by atoms with Gasteiger partial charge in [-0.3, -0.25) is 0 Å². The van der Waals surface area contributed by atoms with E-state index >= 15 is 0 Å². The van der Waals surface area contributed by atoms with E-state index in [0.29, 0.717) is 5.92 Å². The Kier molecular flexibility index (Phi) is 2.48. The molecule has 16 heavy (non-hydrogen) atoms. The molecular formula is C14H20O2. The summed E-state index contributed by atoms with van der Waals surface area (Å²) in [5.41, 5.74) is 0.959. The van der Waals surface area contributed by atoms with Gasteiger partial charge in [-0.15, -0.1) is 0 Å². The fraction of sp³-hybridized carbons (Fsp3) is 0.643. The van der Waals surface area contributed by atoms with Crippen LogP contribution in [-0.4, -0.2) is 11.6 Å². The van der Waals surface area contributed by atoms with Gasteiger partial charge in [0.05, 0.1) is 0 Å². The third kappa shape index (κ3) is 1.93. The van der Waals surface area contributed by atoms with Crippen LogP contribution >= 0.6 is 0 Å². The molecule has 0 spiro atoms. The van der Waals surface area contributed by atoms with Crippen LogP contribution in [0, 0.1) is 11.3 Å². The Morgan fingerprint density at radius 1 is 1.56 bits per heavy atom. The van der Waals surface area contributed by atoms with E-state index in [1.807, 2.05) is 20.8 Å². The number of carbonyl (C=O) groups excluding carboxylic acids is 1. The average molecular weight is 220 g/mol. The summed E-state index contributed by atoms with van der Waals surface area (Å²) in [6, 6.07) is 0. The van der Waals surface area contributed by atoms with Gasteiger partial charge < -0.3 is 4.74 Å². The topological polar surface area (TPSA) is 26.3 Å². The first-order chi connectivity index (χ1) is 7.31. The summed E-state index contributed by atoms with van der Waals surface area (Å²) in [4.78, 5) is 11.7. The van der Waals surface area contributed by atoms with Crippen LogP contribution in [0.15, 0.2) is 23.8 Å². The Morgan fingerprint density at radius 3 is 2.81 bits per heavy atom. The Balaban J connectivity index is 2.04. The van der Waals surface area contributed by atoms with Crippen LogP contribution in [0.3, 0.4) is 0 Å². The second kappa shape index (κ2) is 3.47. The molecule has 0 unspecified atom stereocenters. The molecule has 2 aliphatic carbocycles. The van der Waals surface area contributed by atoms with Crippen molar-refractivity contribution in [2.24, 2.45) is 11.3 Å². The lowest BCUT2D eigenvalue weighted by Gasteiger charge is -2.44. The summed E-state index contributed by atoms with van der Waals surface area (Å²) < 4.78 is 5.30. The van der Waals surface area contributed by atoms with Gasteiger partial charge in [0.1, 0.15) is 5.60 Å². The van der Waals surface area contributed by atoms with Crippen molar-refractivity contribution in [3.63, 3.8) is 0 Å². The Bertz CT molecular complexity index is 371. The number of fused-ring (bicyclic) bond motifs is 1. The number of rotatable bonds is 1. The lowest BCUT2D eigenvalue weighted by atomic mass is 9.59. The van der Waals surface area contributed by atoms with E-state index in [1.165, 1.54) is 5.57 Å².